The number of thioether (sulfide) groups is 1. The first kappa shape index (κ1) is 12.1. The van der Waals surface area contributed by atoms with Crippen LogP contribution in [0.4, 0.5) is 5.69 Å². The molecular weight excluding hydrogens is 226 g/mol. The summed E-state index contributed by atoms with van der Waals surface area (Å²) in [5.41, 5.74) is 10.6. The Balaban J connectivity index is 2.07. The molecule has 0 atom stereocenters. The molecule has 0 aliphatic rings. The smallest absolute Gasteiger partial charge is 0.0325 e. The van der Waals surface area contributed by atoms with Crippen LogP contribution in [0.15, 0.2) is 47.4 Å². The highest BCUT2D eigenvalue weighted by Crippen LogP contribution is 2.27. The lowest BCUT2D eigenvalue weighted by Crippen LogP contribution is -1.88. The lowest BCUT2D eigenvalue weighted by molar-refractivity contribution is 1.29. The van der Waals surface area contributed by atoms with E-state index in [4.69, 9.17) is 5.73 Å². The summed E-state index contributed by atoms with van der Waals surface area (Å²) in [5, 5.41) is 0. The van der Waals surface area contributed by atoms with Gasteiger partial charge in [-0.3, -0.25) is 0 Å². The molecule has 2 N–H and O–H groups in total. The van der Waals surface area contributed by atoms with Crippen LogP contribution in [-0.4, -0.2) is 0 Å². The van der Waals surface area contributed by atoms with Gasteiger partial charge in [0, 0.05) is 16.3 Å². The third kappa shape index (κ3) is 3.27. The molecule has 2 rings (SSSR count). The van der Waals surface area contributed by atoms with Gasteiger partial charge in [0.15, 0.2) is 0 Å². The topological polar surface area (TPSA) is 26.0 Å². The van der Waals surface area contributed by atoms with E-state index in [0.29, 0.717) is 0 Å². The molecular formula is C15H17NS. The molecule has 0 saturated heterocycles. The fraction of sp³-hybridized carbons (Fsp3) is 0.200. The molecule has 0 aliphatic heterocycles. The molecule has 1 nitrogen and oxygen atoms in total. The van der Waals surface area contributed by atoms with Gasteiger partial charge in [0.1, 0.15) is 0 Å². The van der Waals surface area contributed by atoms with Gasteiger partial charge in [0.05, 0.1) is 0 Å². The van der Waals surface area contributed by atoms with Crippen molar-refractivity contribution in [2.45, 2.75) is 24.5 Å². The van der Waals surface area contributed by atoms with Crippen LogP contribution in [0.25, 0.3) is 0 Å². The molecule has 0 radical (unpaired) electrons. The standard InChI is InChI=1S/C15H17NS/c1-11-3-6-13(7-4-11)10-17-15-9-14(16)8-5-12(15)2/h3-9H,10,16H2,1-2H3. The molecule has 2 heteroatoms. The highest BCUT2D eigenvalue weighted by Gasteiger charge is 2.00. The second-order valence-electron chi connectivity index (χ2n) is 4.30. The van der Waals surface area contributed by atoms with Crippen molar-refractivity contribution >= 4 is 17.4 Å². The summed E-state index contributed by atoms with van der Waals surface area (Å²) in [6.45, 7) is 4.23. The van der Waals surface area contributed by atoms with E-state index >= 15 is 0 Å². The van der Waals surface area contributed by atoms with Crippen LogP contribution in [0.5, 0.6) is 0 Å². The number of hydrogen-bond acceptors (Lipinski definition) is 2. The summed E-state index contributed by atoms with van der Waals surface area (Å²) >= 11 is 1.84. The Bertz CT molecular complexity index is 503. The minimum atomic E-state index is 0.835. The van der Waals surface area contributed by atoms with E-state index in [0.717, 1.165) is 11.4 Å². The van der Waals surface area contributed by atoms with Crippen molar-refractivity contribution in [2.75, 3.05) is 5.73 Å². The Hall–Kier alpha value is -1.41. The summed E-state index contributed by atoms with van der Waals surface area (Å²) in [6, 6.07) is 14.8. The first-order valence-electron chi connectivity index (χ1n) is 5.69. The number of benzene rings is 2. The third-order valence-corrected chi connectivity index (χ3v) is 3.96. The Labute approximate surface area is 107 Å². The van der Waals surface area contributed by atoms with Crippen LogP contribution in [0.2, 0.25) is 0 Å². The molecule has 0 fully saturated rings. The van der Waals surface area contributed by atoms with Crippen LogP contribution in [0.1, 0.15) is 16.7 Å². The molecule has 0 saturated carbocycles. The van der Waals surface area contributed by atoms with E-state index in [-0.39, 0.29) is 0 Å². The second kappa shape index (κ2) is 5.28. The Morgan fingerprint density at radius 1 is 1.00 bits per heavy atom. The molecule has 0 spiro atoms. The summed E-state index contributed by atoms with van der Waals surface area (Å²) < 4.78 is 0. The van der Waals surface area contributed by atoms with Gasteiger partial charge in [0.2, 0.25) is 0 Å². The van der Waals surface area contributed by atoms with Crippen molar-refractivity contribution in [3.8, 4) is 0 Å². The predicted octanol–water partition coefficient (Wildman–Crippen LogP) is 4.18. The van der Waals surface area contributed by atoms with Gasteiger partial charge in [-0.05, 0) is 37.1 Å². The van der Waals surface area contributed by atoms with E-state index in [1.807, 2.05) is 23.9 Å². The van der Waals surface area contributed by atoms with E-state index in [9.17, 15) is 0 Å². The molecule has 17 heavy (non-hydrogen) atoms. The van der Waals surface area contributed by atoms with Crippen LogP contribution in [0.3, 0.4) is 0 Å². The maximum Gasteiger partial charge on any atom is 0.0325 e. The second-order valence-corrected chi connectivity index (χ2v) is 5.32. The molecule has 0 aliphatic carbocycles. The number of anilines is 1. The summed E-state index contributed by atoms with van der Waals surface area (Å²) in [6.07, 6.45) is 0. The number of rotatable bonds is 3. The molecule has 0 amide bonds. The highest BCUT2D eigenvalue weighted by molar-refractivity contribution is 7.98. The fourth-order valence-corrected chi connectivity index (χ4v) is 2.65. The molecule has 0 unspecified atom stereocenters. The molecule has 0 aromatic heterocycles. The van der Waals surface area contributed by atoms with Gasteiger partial charge in [-0.2, -0.15) is 0 Å². The zero-order chi connectivity index (χ0) is 12.3. The average molecular weight is 243 g/mol. The van der Waals surface area contributed by atoms with Crippen molar-refractivity contribution in [2.24, 2.45) is 0 Å². The maximum absolute atomic E-state index is 5.80. The number of nitrogen functional groups attached to an aromatic ring is 1. The van der Waals surface area contributed by atoms with Crippen molar-refractivity contribution in [1.29, 1.82) is 0 Å². The van der Waals surface area contributed by atoms with Crippen LogP contribution >= 0.6 is 11.8 Å². The normalized spacial score (nSPS) is 10.5. The van der Waals surface area contributed by atoms with Gasteiger partial charge in [-0.25, -0.2) is 0 Å². The highest BCUT2D eigenvalue weighted by atomic mass is 32.2. The number of hydrogen-bond donors (Lipinski definition) is 1. The van der Waals surface area contributed by atoms with Crippen molar-refractivity contribution in [3.63, 3.8) is 0 Å². The van der Waals surface area contributed by atoms with Crippen molar-refractivity contribution in [1.82, 2.24) is 0 Å². The lowest BCUT2D eigenvalue weighted by Gasteiger charge is -2.07. The first-order valence-corrected chi connectivity index (χ1v) is 6.68. The quantitative estimate of drug-likeness (QED) is 0.646. The SMILES string of the molecule is Cc1ccc(CSc2cc(N)ccc2C)cc1. The molecule has 88 valence electrons. The van der Waals surface area contributed by atoms with E-state index < -0.39 is 0 Å². The minimum Gasteiger partial charge on any atom is -0.399 e. The molecule has 2 aromatic rings. The zero-order valence-electron chi connectivity index (χ0n) is 10.2. The van der Waals surface area contributed by atoms with Crippen LogP contribution in [-0.2, 0) is 5.75 Å². The largest absolute Gasteiger partial charge is 0.399 e. The Morgan fingerprint density at radius 3 is 2.41 bits per heavy atom. The molecule has 0 bridgehead atoms. The van der Waals surface area contributed by atoms with Gasteiger partial charge in [-0.1, -0.05) is 35.9 Å². The van der Waals surface area contributed by atoms with Gasteiger partial charge in [0.25, 0.3) is 0 Å². The third-order valence-electron chi connectivity index (χ3n) is 2.73. The number of nitrogens with two attached hydrogens (primary N) is 1. The zero-order valence-corrected chi connectivity index (χ0v) is 11.1. The molecule has 0 heterocycles. The van der Waals surface area contributed by atoms with Gasteiger partial charge in [-0.15, -0.1) is 11.8 Å². The average Bonchev–Trinajstić information content (AvgIpc) is 2.32. The monoisotopic (exact) mass is 243 g/mol. The summed E-state index contributed by atoms with van der Waals surface area (Å²) in [4.78, 5) is 1.27. The van der Waals surface area contributed by atoms with Crippen molar-refractivity contribution in [3.05, 3.63) is 59.2 Å². The Kier molecular flexibility index (Phi) is 3.75. The van der Waals surface area contributed by atoms with Crippen LogP contribution in [0, 0.1) is 13.8 Å². The van der Waals surface area contributed by atoms with Gasteiger partial charge >= 0.3 is 0 Å². The van der Waals surface area contributed by atoms with Crippen LogP contribution < -0.4 is 5.73 Å². The van der Waals surface area contributed by atoms with Gasteiger partial charge < -0.3 is 5.73 Å². The van der Waals surface area contributed by atoms with E-state index in [1.165, 1.54) is 21.6 Å². The predicted molar refractivity (Wildman–Crippen MR) is 76.3 cm³/mol. The van der Waals surface area contributed by atoms with Crippen molar-refractivity contribution < 1.29 is 0 Å². The first-order chi connectivity index (χ1) is 8.15. The lowest BCUT2D eigenvalue weighted by atomic mass is 10.2. The van der Waals surface area contributed by atoms with E-state index in [2.05, 4.69) is 44.2 Å². The number of aryl methyl sites for hydroxylation is 2. The minimum absolute atomic E-state index is 0.835. The summed E-state index contributed by atoms with van der Waals surface area (Å²) in [7, 11) is 0. The molecule has 2 aromatic carbocycles. The maximum atomic E-state index is 5.80. The van der Waals surface area contributed by atoms with E-state index in [1.54, 1.807) is 0 Å². The fourth-order valence-electron chi connectivity index (χ4n) is 1.62. The summed E-state index contributed by atoms with van der Waals surface area (Å²) in [5.74, 6) is 0.991. The Morgan fingerprint density at radius 2 is 1.71 bits per heavy atom.